The molecule has 25 heavy (non-hydrogen) atoms. The van der Waals surface area contributed by atoms with Gasteiger partial charge in [0.2, 0.25) is 5.91 Å². The molecule has 0 fully saturated rings. The fraction of sp³-hybridized carbons (Fsp3) is 0.235. The largest absolute Gasteiger partial charge is 0.490 e. The van der Waals surface area contributed by atoms with E-state index in [2.05, 4.69) is 5.32 Å². The third kappa shape index (κ3) is 4.21. The van der Waals surface area contributed by atoms with E-state index < -0.39 is 10.1 Å². The Kier molecular flexibility index (Phi) is 4.80. The SMILES string of the molecule is CC(=O)Nc1ccc(OS(=O)(=O)c2ccc3c(c2)OCCCO3)cc1. The average molecular weight is 363 g/mol. The second kappa shape index (κ2) is 7.02. The Morgan fingerprint density at radius 3 is 2.40 bits per heavy atom. The normalized spacial score (nSPS) is 13.6. The minimum atomic E-state index is -4.02. The van der Waals surface area contributed by atoms with Crippen molar-refractivity contribution in [2.45, 2.75) is 18.2 Å². The molecule has 2 aromatic carbocycles. The highest BCUT2D eigenvalue weighted by molar-refractivity contribution is 7.87. The summed E-state index contributed by atoms with van der Waals surface area (Å²) in [6.07, 6.45) is 0.730. The van der Waals surface area contributed by atoms with E-state index in [1.807, 2.05) is 0 Å². The number of amides is 1. The summed E-state index contributed by atoms with van der Waals surface area (Å²) in [4.78, 5) is 11.0. The molecule has 1 aliphatic heterocycles. The van der Waals surface area contributed by atoms with Crippen molar-refractivity contribution < 1.29 is 26.9 Å². The summed E-state index contributed by atoms with van der Waals surface area (Å²) in [5.41, 5.74) is 0.549. The Balaban J connectivity index is 1.80. The number of fused-ring (bicyclic) bond motifs is 1. The maximum absolute atomic E-state index is 12.4. The predicted molar refractivity (Wildman–Crippen MR) is 90.6 cm³/mol. The predicted octanol–water partition coefficient (Wildman–Crippen LogP) is 2.57. The molecule has 0 bridgehead atoms. The number of hydrogen-bond acceptors (Lipinski definition) is 6. The zero-order chi connectivity index (χ0) is 17.9. The van der Waals surface area contributed by atoms with Crippen LogP contribution in [0.5, 0.6) is 17.2 Å². The van der Waals surface area contributed by atoms with Crippen LogP contribution in [-0.4, -0.2) is 27.5 Å². The first kappa shape index (κ1) is 17.1. The van der Waals surface area contributed by atoms with E-state index in [0.29, 0.717) is 30.4 Å². The molecule has 0 atom stereocenters. The van der Waals surface area contributed by atoms with E-state index in [1.54, 1.807) is 18.2 Å². The Hall–Kier alpha value is -2.74. The van der Waals surface area contributed by atoms with Gasteiger partial charge in [0.15, 0.2) is 11.5 Å². The molecule has 2 aromatic rings. The van der Waals surface area contributed by atoms with E-state index in [0.717, 1.165) is 6.42 Å². The quantitative estimate of drug-likeness (QED) is 0.840. The van der Waals surface area contributed by atoms with Gasteiger partial charge < -0.3 is 19.0 Å². The van der Waals surface area contributed by atoms with Crippen molar-refractivity contribution in [3.63, 3.8) is 0 Å². The monoisotopic (exact) mass is 363 g/mol. The number of hydrogen-bond donors (Lipinski definition) is 1. The molecule has 3 rings (SSSR count). The number of nitrogens with one attached hydrogen (secondary N) is 1. The molecule has 0 aliphatic carbocycles. The molecule has 7 nitrogen and oxygen atoms in total. The lowest BCUT2D eigenvalue weighted by molar-refractivity contribution is -0.114. The van der Waals surface area contributed by atoms with Crippen LogP contribution >= 0.6 is 0 Å². The molecule has 0 saturated heterocycles. The van der Waals surface area contributed by atoms with Crippen molar-refractivity contribution in [2.24, 2.45) is 0 Å². The highest BCUT2D eigenvalue weighted by atomic mass is 32.2. The Morgan fingerprint density at radius 1 is 1.04 bits per heavy atom. The third-order valence-electron chi connectivity index (χ3n) is 3.39. The van der Waals surface area contributed by atoms with Crippen LogP contribution in [0.25, 0.3) is 0 Å². The molecule has 8 heteroatoms. The molecular weight excluding hydrogens is 346 g/mol. The smallest absolute Gasteiger partial charge is 0.339 e. The van der Waals surface area contributed by atoms with Gasteiger partial charge >= 0.3 is 10.1 Å². The van der Waals surface area contributed by atoms with Gasteiger partial charge in [-0.05, 0) is 36.4 Å². The fourth-order valence-corrected chi connectivity index (χ4v) is 3.22. The molecule has 0 unspecified atom stereocenters. The van der Waals surface area contributed by atoms with E-state index in [4.69, 9.17) is 13.7 Å². The maximum Gasteiger partial charge on any atom is 0.339 e. The number of anilines is 1. The molecule has 1 aliphatic rings. The van der Waals surface area contributed by atoms with Crippen LogP contribution in [-0.2, 0) is 14.9 Å². The van der Waals surface area contributed by atoms with Crippen molar-refractivity contribution >= 4 is 21.7 Å². The van der Waals surface area contributed by atoms with Crippen LogP contribution in [0.2, 0.25) is 0 Å². The molecule has 1 amide bonds. The van der Waals surface area contributed by atoms with Crippen LogP contribution in [0.1, 0.15) is 13.3 Å². The van der Waals surface area contributed by atoms with E-state index in [-0.39, 0.29) is 16.6 Å². The van der Waals surface area contributed by atoms with Crippen molar-refractivity contribution in [3.8, 4) is 17.2 Å². The molecule has 0 aromatic heterocycles. The molecule has 0 saturated carbocycles. The van der Waals surface area contributed by atoms with Gasteiger partial charge in [-0.15, -0.1) is 0 Å². The van der Waals surface area contributed by atoms with Crippen LogP contribution in [0.4, 0.5) is 5.69 Å². The van der Waals surface area contributed by atoms with Crippen molar-refractivity contribution in [1.29, 1.82) is 0 Å². The molecule has 132 valence electrons. The Morgan fingerprint density at radius 2 is 1.72 bits per heavy atom. The van der Waals surface area contributed by atoms with Crippen LogP contribution in [0.15, 0.2) is 47.4 Å². The minimum absolute atomic E-state index is 0.0253. The van der Waals surface area contributed by atoms with Gasteiger partial charge in [-0.1, -0.05) is 0 Å². The molecule has 0 radical (unpaired) electrons. The number of carbonyl (C=O) groups excluding carboxylic acids is 1. The van der Waals surface area contributed by atoms with Crippen LogP contribution in [0.3, 0.4) is 0 Å². The first-order valence-electron chi connectivity index (χ1n) is 7.66. The van der Waals surface area contributed by atoms with Crippen molar-refractivity contribution in [3.05, 3.63) is 42.5 Å². The van der Waals surface area contributed by atoms with E-state index in [9.17, 15) is 13.2 Å². The lowest BCUT2D eigenvalue weighted by Crippen LogP contribution is -2.10. The number of carbonyl (C=O) groups is 1. The molecule has 0 spiro atoms. The van der Waals surface area contributed by atoms with Gasteiger partial charge in [-0.25, -0.2) is 0 Å². The summed E-state index contributed by atoms with van der Waals surface area (Å²) in [6, 6.07) is 10.4. The maximum atomic E-state index is 12.4. The van der Waals surface area contributed by atoms with Crippen LogP contribution < -0.4 is 19.0 Å². The van der Waals surface area contributed by atoms with Gasteiger partial charge in [0.05, 0.1) is 13.2 Å². The van der Waals surface area contributed by atoms with Gasteiger partial charge in [-0.3, -0.25) is 4.79 Å². The lowest BCUT2D eigenvalue weighted by atomic mass is 10.3. The molecule has 1 heterocycles. The van der Waals surface area contributed by atoms with Gasteiger partial charge in [0.1, 0.15) is 10.6 Å². The Labute approximate surface area is 145 Å². The third-order valence-corrected chi connectivity index (χ3v) is 4.63. The Bertz CT molecular complexity index is 877. The summed E-state index contributed by atoms with van der Waals surface area (Å²) in [7, 11) is -4.02. The summed E-state index contributed by atoms with van der Waals surface area (Å²) < 4.78 is 41.0. The summed E-state index contributed by atoms with van der Waals surface area (Å²) in [5.74, 6) is 0.814. The van der Waals surface area contributed by atoms with Crippen molar-refractivity contribution in [1.82, 2.24) is 0 Å². The van der Waals surface area contributed by atoms with E-state index >= 15 is 0 Å². The standard InChI is InChI=1S/C17H17NO6S/c1-12(19)18-13-3-5-14(6-4-13)24-25(20,21)15-7-8-16-17(11-15)23-10-2-9-22-16/h3-8,11H,2,9-10H2,1H3,(H,18,19). The molecular formula is C17H17NO6S. The number of ether oxygens (including phenoxy) is 2. The average Bonchev–Trinajstić information content (AvgIpc) is 2.80. The summed E-state index contributed by atoms with van der Waals surface area (Å²) in [6.45, 7) is 2.37. The minimum Gasteiger partial charge on any atom is -0.490 e. The zero-order valence-electron chi connectivity index (χ0n) is 13.5. The summed E-state index contributed by atoms with van der Waals surface area (Å²) >= 11 is 0. The number of rotatable bonds is 4. The first-order valence-corrected chi connectivity index (χ1v) is 9.07. The summed E-state index contributed by atoms with van der Waals surface area (Å²) in [5, 5.41) is 2.59. The van der Waals surface area contributed by atoms with Crippen LogP contribution in [0, 0.1) is 0 Å². The van der Waals surface area contributed by atoms with Gasteiger partial charge in [0, 0.05) is 25.1 Å². The topological polar surface area (TPSA) is 90.9 Å². The zero-order valence-corrected chi connectivity index (χ0v) is 14.3. The highest BCUT2D eigenvalue weighted by Gasteiger charge is 2.20. The van der Waals surface area contributed by atoms with Gasteiger partial charge in [0.25, 0.3) is 0 Å². The second-order valence-electron chi connectivity index (χ2n) is 5.40. The van der Waals surface area contributed by atoms with Crippen molar-refractivity contribution in [2.75, 3.05) is 18.5 Å². The molecule has 1 N–H and O–H groups in total. The highest BCUT2D eigenvalue weighted by Crippen LogP contribution is 2.32. The first-order chi connectivity index (χ1) is 11.9. The van der Waals surface area contributed by atoms with E-state index in [1.165, 1.54) is 31.2 Å². The number of benzene rings is 2. The second-order valence-corrected chi connectivity index (χ2v) is 6.95. The fourth-order valence-electron chi connectivity index (χ4n) is 2.27. The van der Waals surface area contributed by atoms with Gasteiger partial charge in [-0.2, -0.15) is 8.42 Å². The lowest BCUT2D eigenvalue weighted by Gasteiger charge is -2.11.